The van der Waals surface area contributed by atoms with Crippen LogP contribution < -0.4 is 15.4 Å². The van der Waals surface area contributed by atoms with Gasteiger partial charge in [-0.2, -0.15) is 18.3 Å². The molecule has 0 aliphatic carbocycles. The first-order chi connectivity index (χ1) is 15.6. The molecule has 3 heterocycles. The highest BCUT2D eigenvalue weighted by atomic mass is 32.2. The number of anilines is 2. The molecule has 0 atom stereocenters. The van der Waals surface area contributed by atoms with Crippen molar-refractivity contribution in [3.05, 3.63) is 54.5 Å². The number of nitrogen functional groups attached to an aromatic ring is 1. The molecule has 176 valence electrons. The minimum Gasteiger partial charge on any atom is -0.383 e. The van der Waals surface area contributed by atoms with Crippen LogP contribution in [0.1, 0.15) is 24.4 Å². The molecule has 1 aromatic carbocycles. The van der Waals surface area contributed by atoms with E-state index in [-0.39, 0.29) is 22.4 Å². The Morgan fingerprint density at radius 1 is 1.15 bits per heavy atom. The van der Waals surface area contributed by atoms with Crippen LogP contribution >= 0.6 is 0 Å². The van der Waals surface area contributed by atoms with Crippen LogP contribution in [0, 0.1) is 0 Å². The summed E-state index contributed by atoms with van der Waals surface area (Å²) in [7, 11) is -3.11. The normalized spacial score (nSPS) is 15.5. The Morgan fingerprint density at radius 2 is 1.88 bits per heavy atom. The number of hydrogen-bond acceptors (Lipinski definition) is 6. The average Bonchev–Trinajstić information content (AvgIpc) is 3.29. The van der Waals surface area contributed by atoms with Gasteiger partial charge < -0.3 is 11.1 Å². The molecule has 1 aliphatic heterocycles. The van der Waals surface area contributed by atoms with E-state index in [4.69, 9.17) is 5.73 Å². The first-order valence-corrected chi connectivity index (χ1v) is 11.7. The molecule has 0 spiro atoms. The number of nitrogens with one attached hydrogen (secondary N) is 1. The van der Waals surface area contributed by atoms with Crippen molar-refractivity contribution in [2.24, 2.45) is 0 Å². The lowest BCUT2D eigenvalue weighted by Crippen LogP contribution is -2.29. The van der Waals surface area contributed by atoms with Crippen molar-refractivity contribution < 1.29 is 21.6 Å². The molecule has 1 fully saturated rings. The van der Waals surface area contributed by atoms with Crippen LogP contribution in [0.3, 0.4) is 0 Å². The predicted molar refractivity (Wildman–Crippen MR) is 118 cm³/mol. The van der Waals surface area contributed by atoms with Gasteiger partial charge in [0.25, 0.3) is 10.0 Å². The van der Waals surface area contributed by atoms with E-state index in [1.165, 1.54) is 25.4 Å². The molecule has 3 aromatic rings. The first-order valence-electron chi connectivity index (χ1n) is 10.2. The molecule has 0 saturated carbocycles. The summed E-state index contributed by atoms with van der Waals surface area (Å²) in [4.78, 5) is 3.72. The van der Waals surface area contributed by atoms with E-state index in [0.29, 0.717) is 11.1 Å². The Labute approximate surface area is 189 Å². The van der Waals surface area contributed by atoms with E-state index in [2.05, 4.69) is 15.4 Å². The third-order valence-corrected chi connectivity index (χ3v) is 7.49. The number of nitrogens with zero attached hydrogens (tertiary/aromatic N) is 4. The number of piperidine rings is 1. The fourth-order valence-electron chi connectivity index (χ4n) is 3.74. The van der Waals surface area contributed by atoms with Crippen LogP contribution in [0.15, 0.2) is 53.8 Å². The second-order valence-corrected chi connectivity index (χ2v) is 9.76. The lowest BCUT2D eigenvalue weighted by Gasteiger charge is -2.22. The van der Waals surface area contributed by atoms with E-state index in [0.717, 1.165) is 48.4 Å². The number of aromatic nitrogens is 3. The number of alkyl halides is 3. The molecule has 1 saturated heterocycles. The standard InChI is InChI=1S/C21H23F3N6O2S/c1-29(18-4-2-3-16(10-18)21(22,23)24)33(31,32)19-9-14(11-27-20(19)25)15-12-28-30(13-15)17-5-7-26-8-6-17/h2-4,9-13,17,26H,5-8H2,1H3,(H2,25,27). The zero-order valence-corrected chi connectivity index (χ0v) is 18.6. The highest BCUT2D eigenvalue weighted by Gasteiger charge is 2.32. The smallest absolute Gasteiger partial charge is 0.383 e. The minimum atomic E-state index is -4.60. The van der Waals surface area contributed by atoms with Crippen molar-refractivity contribution in [2.75, 3.05) is 30.2 Å². The number of pyridine rings is 1. The van der Waals surface area contributed by atoms with Crippen molar-refractivity contribution in [3.8, 4) is 11.1 Å². The first kappa shape index (κ1) is 23.1. The molecule has 0 radical (unpaired) electrons. The molecule has 1 aliphatic rings. The molecule has 0 bridgehead atoms. The van der Waals surface area contributed by atoms with Crippen LogP contribution in [-0.4, -0.2) is 43.3 Å². The van der Waals surface area contributed by atoms with Gasteiger partial charge in [0, 0.05) is 30.6 Å². The third-order valence-electron chi connectivity index (χ3n) is 5.67. The van der Waals surface area contributed by atoms with Crippen LogP contribution in [0.2, 0.25) is 0 Å². The van der Waals surface area contributed by atoms with Gasteiger partial charge in [0.1, 0.15) is 10.7 Å². The van der Waals surface area contributed by atoms with E-state index in [9.17, 15) is 21.6 Å². The molecule has 12 heteroatoms. The zero-order valence-electron chi connectivity index (χ0n) is 17.7. The zero-order chi connectivity index (χ0) is 23.8. The summed E-state index contributed by atoms with van der Waals surface area (Å²) < 4.78 is 68.4. The maximum atomic E-state index is 13.2. The predicted octanol–water partition coefficient (Wildman–Crippen LogP) is 3.30. The molecule has 8 nitrogen and oxygen atoms in total. The number of benzene rings is 1. The van der Waals surface area contributed by atoms with Gasteiger partial charge in [0.05, 0.1) is 23.5 Å². The molecule has 4 rings (SSSR count). The molecule has 3 N–H and O–H groups in total. The highest BCUT2D eigenvalue weighted by Crippen LogP contribution is 2.34. The second-order valence-electron chi connectivity index (χ2n) is 7.82. The van der Waals surface area contributed by atoms with Crippen molar-refractivity contribution in [2.45, 2.75) is 30.0 Å². The SMILES string of the molecule is CN(c1cccc(C(F)(F)F)c1)S(=O)(=O)c1cc(-c2cnn(C3CCNCC3)c2)cnc1N. The highest BCUT2D eigenvalue weighted by molar-refractivity contribution is 7.93. The van der Waals surface area contributed by atoms with Gasteiger partial charge in [-0.1, -0.05) is 6.07 Å². The third kappa shape index (κ3) is 4.67. The van der Waals surface area contributed by atoms with E-state index < -0.39 is 21.8 Å². The van der Waals surface area contributed by atoms with E-state index in [1.54, 1.807) is 6.20 Å². The summed E-state index contributed by atoms with van der Waals surface area (Å²) in [5.74, 6) is -0.247. The van der Waals surface area contributed by atoms with Gasteiger partial charge in [-0.3, -0.25) is 8.99 Å². The van der Waals surface area contributed by atoms with E-state index in [1.807, 2.05) is 10.9 Å². The van der Waals surface area contributed by atoms with Crippen LogP contribution in [0.4, 0.5) is 24.7 Å². The average molecular weight is 481 g/mol. The number of halogens is 3. The van der Waals surface area contributed by atoms with Crippen LogP contribution in [0.25, 0.3) is 11.1 Å². The molecular weight excluding hydrogens is 457 g/mol. The van der Waals surface area contributed by atoms with Crippen LogP contribution in [0.5, 0.6) is 0 Å². The maximum absolute atomic E-state index is 13.2. The fraction of sp³-hybridized carbons (Fsp3) is 0.333. The monoisotopic (exact) mass is 480 g/mol. The van der Waals surface area contributed by atoms with Crippen molar-refractivity contribution in [1.29, 1.82) is 0 Å². The summed E-state index contributed by atoms with van der Waals surface area (Å²) in [6, 6.07) is 5.69. The Balaban J connectivity index is 1.67. The summed E-state index contributed by atoms with van der Waals surface area (Å²) in [5.41, 5.74) is 5.92. The second kappa shape index (κ2) is 8.67. The maximum Gasteiger partial charge on any atom is 0.416 e. The van der Waals surface area contributed by atoms with E-state index >= 15 is 0 Å². The van der Waals surface area contributed by atoms with Gasteiger partial charge in [0.15, 0.2) is 0 Å². The molecular formula is C21H23F3N6O2S. The van der Waals surface area contributed by atoms with Crippen molar-refractivity contribution >= 4 is 21.5 Å². The summed E-state index contributed by atoms with van der Waals surface area (Å²) in [6.45, 7) is 1.79. The number of rotatable bonds is 5. The minimum absolute atomic E-state index is 0.145. The number of hydrogen-bond donors (Lipinski definition) is 2. The molecule has 0 amide bonds. The largest absolute Gasteiger partial charge is 0.416 e. The molecule has 2 aromatic heterocycles. The Bertz CT molecular complexity index is 1250. The lowest BCUT2D eigenvalue weighted by atomic mass is 10.1. The number of nitrogens with two attached hydrogens (primary N) is 1. The molecule has 33 heavy (non-hydrogen) atoms. The van der Waals surface area contributed by atoms with Gasteiger partial charge in [-0.05, 0) is 50.2 Å². The van der Waals surface area contributed by atoms with Crippen molar-refractivity contribution in [1.82, 2.24) is 20.1 Å². The van der Waals surface area contributed by atoms with Gasteiger partial charge in [-0.15, -0.1) is 0 Å². The number of sulfonamides is 1. The Kier molecular flexibility index (Phi) is 6.06. The fourth-order valence-corrected chi connectivity index (χ4v) is 5.02. The Hall–Kier alpha value is -3.12. The van der Waals surface area contributed by atoms with Crippen LogP contribution in [-0.2, 0) is 16.2 Å². The quantitative estimate of drug-likeness (QED) is 0.581. The van der Waals surface area contributed by atoms with Gasteiger partial charge in [0.2, 0.25) is 0 Å². The molecule has 0 unspecified atom stereocenters. The lowest BCUT2D eigenvalue weighted by molar-refractivity contribution is -0.137. The van der Waals surface area contributed by atoms with Gasteiger partial charge >= 0.3 is 6.18 Å². The summed E-state index contributed by atoms with van der Waals surface area (Å²) in [6.07, 6.45) is 2.17. The summed E-state index contributed by atoms with van der Waals surface area (Å²) >= 11 is 0. The summed E-state index contributed by atoms with van der Waals surface area (Å²) in [5, 5.41) is 7.70. The Morgan fingerprint density at radius 3 is 2.58 bits per heavy atom. The topological polar surface area (TPSA) is 106 Å². The van der Waals surface area contributed by atoms with Crippen molar-refractivity contribution in [3.63, 3.8) is 0 Å². The van der Waals surface area contributed by atoms with Gasteiger partial charge in [-0.25, -0.2) is 13.4 Å².